The first-order valence-corrected chi connectivity index (χ1v) is 8.24. The highest BCUT2D eigenvalue weighted by Gasteiger charge is 2.26. The van der Waals surface area contributed by atoms with E-state index >= 15 is 0 Å². The van der Waals surface area contributed by atoms with Gasteiger partial charge in [-0.2, -0.15) is 0 Å². The molecule has 122 valence electrons. The summed E-state index contributed by atoms with van der Waals surface area (Å²) in [5.41, 5.74) is 2.38. The van der Waals surface area contributed by atoms with E-state index in [2.05, 4.69) is 38.2 Å². The molecule has 1 aromatic rings. The number of benzene rings is 1. The number of aliphatic hydroxyl groups excluding tert-OH is 1. The molecule has 2 atom stereocenters. The summed E-state index contributed by atoms with van der Waals surface area (Å²) in [7, 11) is 0. The van der Waals surface area contributed by atoms with Gasteiger partial charge in [0.05, 0.1) is 6.04 Å². The third-order valence-corrected chi connectivity index (χ3v) is 4.53. The molecule has 4 heteroatoms. The van der Waals surface area contributed by atoms with Crippen molar-refractivity contribution in [2.75, 3.05) is 19.7 Å². The number of hydrogen-bond donors (Lipinski definition) is 2. The number of urea groups is 1. The number of nitrogens with one attached hydrogen (secondary N) is 1. The van der Waals surface area contributed by atoms with E-state index in [1.54, 1.807) is 0 Å². The zero-order valence-electron chi connectivity index (χ0n) is 13.9. The second kappa shape index (κ2) is 7.63. The summed E-state index contributed by atoms with van der Waals surface area (Å²) >= 11 is 0. The van der Waals surface area contributed by atoms with Crippen LogP contribution in [0.3, 0.4) is 0 Å². The molecule has 0 aliphatic carbocycles. The summed E-state index contributed by atoms with van der Waals surface area (Å²) in [6, 6.07) is 8.22. The van der Waals surface area contributed by atoms with Gasteiger partial charge >= 0.3 is 6.03 Å². The summed E-state index contributed by atoms with van der Waals surface area (Å²) in [4.78, 5) is 14.4. The maximum atomic E-state index is 12.6. The molecular weight excluding hydrogens is 276 g/mol. The van der Waals surface area contributed by atoms with Crippen molar-refractivity contribution in [2.24, 2.45) is 11.8 Å². The van der Waals surface area contributed by atoms with Crippen molar-refractivity contribution in [1.82, 2.24) is 10.2 Å². The fourth-order valence-electron chi connectivity index (χ4n) is 3.16. The number of aliphatic hydroxyl groups is 1. The van der Waals surface area contributed by atoms with Crippen molar-refractivity contribution < 1.29 is 9.90 Å². The normalized spacial score (nSPS) is 20.0. The van der Waals surface area contributed by atoms with Gasteiger partial charge in [-0.05, 0) is 42.7 Å². The third-order valence-electron chi connectivity index (χ3n) is 4.53. The Morgan fingerprint density at radius 3 is 2.77 bits per heavy atom. The van der Waals surface area contributed by atoms with Gasteiger partial charge in [-0.3, -0.25) is 0 Å². The SMILES string of the molecule is Cc1ccccc1C(NC(=O)N1CCCC(CO)C1)C(C)C. The van der Waals surface area contributed by atoms with E-state index in [1.807, 2.05) is 17.0 Å². The van der Waals surface area contributed by atoms with Gasteiger partial charge in [0.25, 0.3) is 0 Å². The molecule has 1 aromatic carbocycles. The second-order valence-corrected chi connectivity index (χ2v) is 6.66. The lowest BCUT2D eigenvalue weighted by Gasteiger charge is -2.34. The molecule has 4 nitrogen and oxygen atoms in total. The molecule has 22 heavy (non-hydrogen) atoms. The number of carbonyl (C=O) groups is 1. The van der Waals surface area contributed by atoms with Crippen molar-refractivity contribution in [3.05, 3.63) is 35.4 Å². The van der Waals surface area contributed by atoms with E-state index in [9.17, 15) is 9.90 Å². The van der Waals surface area contributed by atoms with Crippen LogP contribution in [-0.2, 0) is 0 Å². The van der Waals surface area contributed by atoms with Crippen molar-refractivity contribution in [3.63, 3.8) is 0 Å². The molecule has 1 heterocycles. The number of piperidine rings is 1. The van der Waals surface area contributed by atoms with E-state index in [4.69, 9.17) is 0 Å². The zero-order valence-corrected chi connectivity index (χ0v) is 13.9. The van der Waals surface area contributed by atoms with E-state index in [1.165, 1.54) is 11.1 Å². The monoisotopic (exact) mass is 304 g/mol. The maximum absolute atomic E-state index is 12.6. The summed E-state index contributed by atoms with van der Waals surface area (Å²) < 4.78 is 0. The molecule has 2 rings (SSSR count). The largest absolute Gasteiger partial charge is 0.396 e. The van der Waals surface area contributed by atoms with Crippen molar-refractivity contribution in [3.8, 4) is 0 Å². The first kappa shape index (κ1) is 16.8. The Morgan fingerprint density at radius 2 is 2.14 bits per heavy atom. The number of aryl methyl sites for hydroxylation is 1. The lowest BCUT2D eigenvalue weighted by atomic mass is 9.92. The minimum Gasteiger partial charge on any atom is -0.396 e. The number of hydrogen-bond acceptors (Lipinski definition) is 2. The minimum atomic E-state index is -0.0138. The fourth-order valence-corrected chi connectivity index (χ4v) is 3.16. The van der Waals surface area contributed by atoms with Gasteiger partial charge in [-0.1, -0.05) is 38.1 Å². The molecule has 2 amide bonds. The Hall–Kier alpha value is -1.55. The third kappa shape index (κ3) is 4.01. The molecule has 0 spiro atoms. The van der Waals surface area contributed by atoms with Gasteiger partial charge in [-0.15, -0.1) is 0 Å². The first-order valence-electron chi connectivity index (χ1n) is 8.24. The Morgan fingerprint density at radius 1 is 1.41 bits per heavy atom. The lowest BCUT2D eigenvalue weighted by Crippen LogP contribution is -2.47. The average Bonchev–Trinajstić information content (AvgIpc) is 2.53. The molecule has 0 bridgehead atoms. The van der Waals surface area contributed by atoms with Gasteiger partial charge in [0.2, 0.25) is 0 Å². The van der Waals surface area contributed by atoms with Crippen LogP contribution >= 0.6 is 0 Å². The molecule has 2 N–H and O–H groups in total. The number of rotatable bonds is 4. The summed E-state index contributed by atoms with van der Waals surface area (Å²) in [6.07, 6.45) is 1.97. The highest BCUT2D eigenvalue weighted by molar-refractivity contribution is 5.75. The molecule has 0 aromatic heterocycles. The van der Waals surface area contributed by atoms with Crippen LogP contribution in [0.2, 0.25) is 0 Å². The molecule has 1 aliphatic rings. The van der Waals surface area contributed by atoms with Crippen molar-refractivity contribution in [1.29, 1.82) is 0 Å². The molecular formula is C18H28N2O2. The summed E-state index contributed by atoms with van der Waals surface area (Å²) in [5, 5.41) is 12.5. The van der Waals surface area contributed by atoms with Crippen LogP contribution < -0.4 is 5.32 Å². The lowest BCUT2D eigenvalue weighted by molar-refractivity contribution is 0.126. The van der Waals surface area contributed by atoms with E-state index in [-0.39, 0.29) is 24.6 Å². The molecule has 1 aliphatic heterocycles. The molecule has 1 fully saturated rings. The highest BCUT2D eigenvalue weighted by Crippen LogP contribution is 2.25. The minimum absolute atomic E-state index is 0.0138. The van der Waals surface area contributed by atoms with E-state index in [0.717, 1.165) is 19.4 Å². The average molecular weight is 304 g/mol. The van der Waals surface area contributed by atoms with Gasteiger partial charge in [0.1, 0.15) is 0 Å². The second-order valence-electron chi connectivity index (χ2n) is 6.66. The maximum Gasteiger partial charge on any atom is 0.317 e. The van der Waals surface area contributed by atoms with Gasteiger partial charge in [0.15, 0.2) is 0 Å². The van der Waals surface area contributed by atoms with Crippen LogP contribution in [0.4, 0.5) is 4.79 Å². The van der Waals surface area contributed by atoms with E-state index < -0.39 is 0 Å². The predicted molar refractivity (Wildman–Crippen MR) is 88.7 cm³/mol. The summed E-state index contributed by atoms with van der Waals surface area (Å²) in [6.45, 7) is 7.94. The topological polar surface area (TPSA) is 52.6 Å². The van der Waals surface area contributed by atoms with Crippen LogP contribution in [0, 0.1) is 18.8 Å². The predicted octanol–water partition coefficient (Wildman–Crippen LogP) is 3.11. The summed E-state index contributed by atoms with van der Waals surface area (Å²) in [5.74, 6) is 0.541. The first-order chi connectivity index (χ1) is 10.5. The van der Waals surface area contributed by atoms with Gasteiger partial charge < -0.3 is 15.3 Å². The molecule has 2 unspecified atom stereocenters. The number of amides is 2. The Balaban J connectivity index is 2.08. The fraction of sp³-hybridized carbons (Fsp3) is 0.611. The molecule has 0 radical (unpaired) electrons. The number of carbonyl (C=O) groups excluding carboxylic acids is 1. The van der Waals surface area contributed by atoms with Crippen LogP contribution in [0.5, 0.6) is 0 Å². The Bertz CT molecular complexity index is 502. The van der Waals surface area contributed by atoms with E-state index in [0.29, 0.717) is 12.5 Å². The smallest absolute Gasteiger partial charge is 0.317 e. The highest BCUT2D eigenvalue weighted by atomic mass is 16.3. The standard InChI is InChI=1S/C18H28N2O2/c1-13(2)17(16-9-5-4-7-14(16)3)19-18(22)20-10-6-8-15(11-20)12-21/h4-5,7,9,13,15,17,21H,6,8,10-12H2,1-3H3,(H,19,22). The number of likely N-dealkylation sites (tertiary alicyclic amines) is 1. The Labute approximate surface area is 133 Å². The quantitative estimate of drug-likeness (QED) is 0.898. The molecule has 0 saturated carbocycles. The molecule has 1 saturated heterocycles. The van der Waals surface area contributed by atoms with Crippen molar-refractivity contribution >= 4 is 6.03 Å². The van der Waals surface area contributed by atoms with Gasteiger partial charge in [-0.25, -0.2) is 4.79 Å². The van der Waals surface area contributed by atoms with Crippen LogP contribution in [0.15, 0.2) is 24.3 Å². The van der Waals surface area contributed by atoms with Crippen LogP contribution in [0.25, 0.3) is 0 Å². The van der Waals surface area contributed by atoms with Crippen LogP contribution in [0.1, 0.15) is 43.9 Å². The van der Waals surface area contributed by atoms with Crippen LogP contribution in [-0.4, -0.2) is 35.7 Å². The van der Waals surface area contributed by atoms with Crippen molar-refractivity contribution in [2.45, 2.75) is 39.7 Å². The van der Waals surface area contributed by atoms with Gasteiger partial charge in [0, 0.05) is 19.7 Å². The number of nitrogens with zero attached hydrogens (tertiary/aromatic N) is 1. The zero-order chi connectivity index (χ0) is 16.1. The Kier molecular flexibility index (Phi) is 5.83.